The minimum atomic E-state index is -1.28. The number of carbonyl (C=O) groups is 5. The van der Waals surface area contributed by atoms with Gasteiger partial charge in [-0.15, -0.1) is 0 Å². The topological polar surface area (TPSA) is 155 Å². The van der Waals surface area contributed by atoms with Gasteiger partial charge in [0.05, 0.1) is 19.6 Å². The molecule has 45 heavy (non-hydrogen) atoms. The predicted molar refractivity (Wildman–Crippen MR) is 161 cm³/mol. The van der Waals surface area contributed by atoms with Crippen LogP contribution in [0.4, 0.5) is 0 Å². The summed E-state index contributed by atoms with van der Waals surface area (Å²) in [6.07, 6.45) is 1.58. The summed E-state index contributed by atoms with van der Waals surface area (Å²) in [5.74, 6) is -2.56. The summed E-state index contributed by atoms with van der Waals surface area (Å²) >= 11 is 0. The lowest BCUT2D eigenvalue weighted by atomic mass is 9.87. The van der Waals surface area contributed by atoms with Crippen molar-refractivity contribution in [3.05, 3.63) is 53.6 Å². The Bertz CT molecular complexity index is 1390. The monoisotopic (exact) mass is 627 g/mol. The van der Waals surface area contributed by atoms with Gasteiger partial charge < -0.3 is 33.7 Å². The van der Waals surface area contributed by atoms with E-state index in [2.05, 4.69) is 0 Å². The normalized spacial score (nSPS) is 15.4. The largest absolute Gasteiger partial charge is 0.493 e. The van der Waals surface area contributed by atoms with Crippen molar-refractivity contribution in [1.82, 2.24) is 4.90 Å². The van der Waals surface area contributed by atoms with Gasteiger partial charge in [0.15, 0.2) is 18.1 Å². The summed E-state index contributed by atoms with van der Waals surface area (Å²) in [6, 6.07) is 11.1. The Hall–Kier alpha value is -4.61. The predicted octanol–water partition coefficient (Wildman–Crippen LogP) is 3.92. The van der Waals surface area contributed by atoms with E-state index in [1.807, 2.05) is 12.1 Å². The van der Waals surface area contributed by atoms with Gasteiger partial charge in [-0.1, -0.05) is 18.2 Å². The lowest BCUT2D eigenvalue weighted by molar-refractivity contribution is -0.165. The van der Waals surface area contributed by atoms with E-state index in [0.29, 0.717) is 49.2 Å². The highest BCUT2D eigenvalue weighted by atomic mass is 16.5. The molecule has 2 atom stereocenters. The second-order valence-corrected chi connectivity index (χ2v) is 11.4. The number of carbonyl (C=O) groups excluding carboxylic acids is 4. The zero-order valence-electron chi connectivity index (χ0n) is 26.3. The molecule has 0 aliphatic carbocycles. The number of piperidine rings is 1. The fourth-order valence-electron chi connectivity index (χ4n) is 4.98. The summed E-state index contributed by atoms with van der Waals surface area (Å²) in [7, 11) is 3.08. The molecule has 0 spiro atoms. The van der Waals surface area contributed by atoms with Crippen molar-refractivity contribution in [1.29, 1.82) is 0 Å². The number of hydrogen-bond acceptors (Lipinski definition) is 10. The van der Waals surface area contributed by atoms with Gasteiger partial charge >= 0.3 is 17.9 Å². The van der Waals surface area contributed by atoms with Gasteiger partial charge in [0, 0.05) is 13.5 Å². The summed E-state index contributed by atoms with van der Waals surface area (Å²) < 4.78 is 27.1. The van der Waals surface area contributed by atoms with Crippen LogP contribution in [0.2, 0.25) is 0 Å². The van der Waals surface area contributed by atoms with Gasteiger partial charge in [0.2, 0.25) is 5.78 Å². The van der Waals surface area contributed by atoms with E-state index < -0.39 is 53.8 Å². The zero-order valence-corrected chi connectivity index (χ0v) is 26.3. The van der Waals surface area contributed by atoms with Crippen molar-refractivity contribution in [2.45, 2.75) is 65.0 Å². The van der Waals surface area contributed by atoms with Gasteiger partial charge in [-0.2, -0.15) is 0 Å². The summed E-state index contributed by atoms with van der Waals surface area (Å²) in [4.78, 5) is 63.9. The molecule has 1 heterocycles. The van der Waals surface area contributed by atoms with E-state index in [1.165, 1.54) is 32.8 Å². The molecule has 12 nitrogen and oxygen atoms in total. The standard InChI is InChI=1S/C33H41NO11/c1-21(35)44-20-33(2,3)30(38)31(39)34-16-7-6-11-25(34)32(40)45-26(23-9-8-10-24(18-23)43-19-29(36)37)14-12-22-13-15-27(41-4)28(17-22)42-5/h8-10,13,15,17-18,25-26H,6-7,11-12,14,16,19-20H2,1-5H3,(H,36,37)/t25-,26+/m0/s1. The van der Waals surface area contributed by atoms with Gasteiger partial charge in [-0.3, -0.25) is 14.4 Å². The molecule has 1 N–H and O–H groups in total. The van der Waals surface area contributed by atoms with Crippen LogP contribution in [0.1, 0.15) is 63.7 Å². The molecule has 0 saturated carbocycles. The average Bonchev–Trinajstić information content (AvgIpc) is 3.03. The quantitative estimate of drug-likeness (QED) is 0.226. The molecule has 244 valence electrons. The first-order chi connectivity index (χ1) is 21.4. The number of carboxylic acids is 1. The third kappa shape index (κ3) is 9.69. The third-order valence-corrected chi connectivity index (χ3v) is 7.47. The lowest BCUT2D eigenvalue weighted by Gasteiger charge is -2.36. The number of nitrogens with zero attached hydrogens (tertiary/aromatic N) is 1. The van der Waals surface area contributed by atoms with Gasteiger partial charge in [0.1, 0.15) is 24.5 Å². The molecule has 0 aromatic heterocycles. The Morgan fingerprint density at radius 2 is 1.73 bits per heavy atom. The molecule has 2 aromatic carbocycles. The molecule has 1 aliphatic rings. The molecule has 3 rings (SSSR count). The number of rotatable bonds is 15. The molecule has 0 bridgehead atoms. The van der Waals surface area contributed by atoms with Gasteiger partial charge in [-0.25, -0.2) is 9.59 Å². The highest BCUT2D eigenvalue weighted by Crippen LogP contribution is 2.32. The van der Waals surface area contributed by atoms with Crippen molar-refractivity contribution in [3.8, 4) is 17.2 Å². The Morgan fingerprint density at radius 3 is 2.40 bits per heavy atom. The number of hydrogen-bond donors (Lipinski definition) is 1. The first-order valence-electron chi connectivity index (χ1n) is 14.7. The summed E-state index contributed by atoms with van der Waals surface area (Å²) in [5, 5.41) is 9.03. The Morgan fingerprint density at radius 1 is 1.00 bits per heavy atom. The molecule has 1 aliphatic heterocycles. The number of ether oxygens (including phenoxy) is 5. The van der Waals surface area contributed by atoms with Gasteiger partial charge in [0.25, 0.3) is 5.91 Å². The number of aliphatic carboxylic acids is 1. The number of carboxylic acid groups (broad SMARTS) is 1. The van der Waals surface area contributed by atoms with E-state index in [-0.39, 0.29) is 18.9 Å². The maximum atomic E-state index is 13.7. The van der Waals surface area contributed by atoms with Crippen molar-refractivity contribution in [2.24, 2.45) is 5.41 Å². The third-order valence-electron chi connectivity index (χ3n) is 7.47. The maximum absolute atomic E-state index is 13.7. The zero-order chi connectivity index (χ0) is 33.1. The fraction of sp³-hybridized carbons (Fsp3) is 0.485. The van der Waals surface area contributed by atoms with Crippen LogP contribution in [0.25, 0.3) is 0 Å². The Balaban J connectivity index is 1.85. The van der Waals surface area contributed by atoms with Crippen LogP contribution in [0.15, 0.2) is 42.5 Å². The van der Waals surface area contributed by atoms with Crippen LogP contribution >= 0.6 is 0 Å². The molecule has 0 unspecified atom stereocenters. The summed E-state index contributed by atoms with van der Waals surface area (Å²) in [5.41, 5.74) is 0.175. The molecule has 0 radical (unpaired) electrons. The number of likely N-dealkylation sites (tertiary alicyclic amines) is 1. The smallest absolute Gasteiger partial charge is 0.341 e. The highest BCUT2D eigenvalue weighted by Gasteiger charge is 2.42. The van der Waals surface area contributed by atoms with Crippen LogP contribution in [0.3, 0.4) is 0 Å². The van der Waals surface area contributed by atoms with Crippen LogP contribution < -0.4 is 14.2 Å². The van der Waals surface area contributed by atoms with Crippen molar-refractivity contribution >= 4 is 29.6 Å². The Kier molecular flexibility index (Phi) is 12.3. The molecule has 1 fully saturated rings. The molecule has 2 aromatic rings. The molecular formula is C33H41NO11. The van der Waals surface area contributed by atoms with Crippen molar-refractivity contribution in [2.75, 3.05) is 34.0 Å². The second kappa shape index (κ2) is 15.9. The van der Waals surface area contributed by atoms with Crippen LogP contribution in [-0.4, -0.2) is 79.6 Å². The second-order valence-electron chi connectivity index (χ2n) is 11.4. The molecule has 1 amide bonds. The van der Waals surface area contributed by atoms with E-state index >= 15 is 0 Å². The van der Waals surface area contributed by atoms with Crippen molar-refractivity contribution in [3.63, 3.8) is 0 Å². The first-order valence-corrected chi connectivity index (χ1v) is 14.7. The minimum absolute atomic E-state index is 0.197. The lowest BCUT2D eigenvalue weighted by Crippen LogP contribution is -2.53. The van der Waals surface area contributed by atoms with Crippen LogP contribution in [-0.2, 0) is 39.9 Å². The number of aryl methyl sites for hydroxylation is 1. The minimum Gasteiger partial charge on any atom is -0.493 e. The molecule has 12 heteroatoms. The maximum Gasteiger partial charge on any atom is 0.341 e. The van der Waals surface area contributed by atoms with E-state index in [4.69, 9.17) is 28.8 Å². The van der Waals surface area contributed by atoms with E-state index in [0.717, 1.165) is 5.56 Å². The number of amides is 1. The van der Waals surface area contributed by atoms with Gasteiger partial charge in [-0.05, 0) is 81.3 Å². The SMILES string of the molecule is COc1ccc(CC[C@@H](OC(=O)[C@@H]2CCCCN2C(=O)C(=O)C(C)(C)COC(C)=O)c2cccc(OCC(=O)O)c2)cc1OC. The van der Waals surface area contributed by atoms with E-state index in [9.17, 15) is 24.0 Å². The Labute approximate surface area is 262 Å². The molecular weight excluding hydrogens is 586 g/mol. The first kappa shape index (κ1) is 34.9. The highest BCUT2D eigenvalue weighted by molar-refractivity contribution is 6.38. The number of methoxy groups -OCH3 is 2. The number of esters is 2. The van der Waals surface area contributed by atoms with Crippen LogP contribution in [0.5, 0.6) is 17.2 Å². The number of benzene rings is 2. The summed E-state index contributed by atoms with van der Waals surface area (Å²) in [6.45, 7) is 3.63. The number of ketones is 1. The van der Waals surface area contributed by atoms with Crippen LogP contribution in [0, 0.1) is 5.41 Å². The molecule has 1 saturated heterocycles. The van der Waals surface area contributed by atoms with E-state index in [1.54, 1.807) is 37.4 Å². The van der Waals surface area contributed by atoms with Crippen molar-refractivity contribution < 1.29 is 52.8 Å². The average molecular weight is 628 g/mol. The fourth-order valence-corrected chi connectivity index (χ4v) is 4.98. The number of Topliss-reactive ketones (excluding diaryl/α,β-unsaturated/α-hetero) is 1.